The molecule has 2 unspecified atom stereocenters. The molecule has 0 aliphatic heterocycles. The molecule has 0 saturated heterocycles. The van der Waals surface area contributed by atoms with Crippen LogP contribution in [0.5, 0.6) is 0 Å². The fourth-order valence-electron chi connectivity index (χ4n) is 1.65. The maximum absolute atomic E-state index is 11.9. The van der Waals surface area contributed by atoms with Gasteiger partial charge in [0.2, 0.25) is 0 Å². The van der Waals surface area contributed by atoms with Crippen molar-refractivity contribution in [3.63, 3.8) is 0 Å². The number of ketones is 1. The predicted octanol–water partition coefficient (Wildman–Crippen LogP) is 3.23. The number of aryl methyl sites for hydroxylation is 1. The Hall–Kier alpha value is -0.960. The minimum atomic E-state index is -1.04. The number of Topliss-reactive ketones (excluding diaryl/α,β-unsaturated/α-hetero) is 1. The van der Waals surface area contributed by atoms with Gasteiger partial charge in [-0.15, -0.1) is 0 Å². The topological polar surface area (TPSA) is 34.1 Å². The van der Waals surface area contributed by atoms with Crippen LogP contribution in [-0.4, -0.2) is 21.5 Å². The largest absolute Gasteiger partial charge is 0.293 e. The molecular formula is C15H22O2S. The van der Waals surface area contributed by atoms with E-state index in [4.69, 9.17) is 0 Å². The van der Waals surface area contributed by atoms with Gasteiger partial charge in [0, 0.05) is 22.1 Å². The Bertz CT molecular complexity index is 409. The standard InChI is InChI=1S/C15H22O2S/c1-4-12(3)10-18(17)11-15(16)14-8-6-13(5-2)7-9-14/h6-9,12H,4-5,10-11H2,1-3H3. The zero-order valence-corrected chi connectivity index (χ0v) is 12.3. The molecule has 1 aromatic carbocycles. The van der Waals surface area contributed by atoms with E-state index in [2.05, 4.69) is 20.8 Å². The molecule has 0 aromatic heterocycles. The minimum Gasteiger partial charge on any atom is -0.293 e. The van der Waals surface area contributed by atoms with Gasteiger partial charge in [-0.1, -0.05) is 51.5 Å². The van der Waals surface area contributed by atoms with Gasteiger partial charge in [-0.3, -0.25) is 9.00 Å². The average molecular weight is 266 g/mol. The molecule has 2 nitrogen and oxygen atoms in total. The van der Waals surface area contributed by atoms with Crippen molar-refractivity contribution in [2.24, 2.45) is 5.92 Å². The first-order valence-electron chi connectivity index (χ1n) is 6.53. The van der Waals surface area contributed by atoms with Gasteiger partial charge in [0.15, 0.2) is 5.78 Å². The molecule has 18 heavy (non-hydrogen) atoms. The lowest BCUT2D eigenvalue weighted by Crippen LogP contribution is -2.16. The van der Waals surface area contributed by atoms with Gasteiger partial charge in [-0.25, -0.2) is 0 Å². The van der Waals surface area contributed by atoms with Crippen molar-refractivity contribution in [2.45, 2.75) is 33.6 Å². The molecular weight excluding hydrogens is 244 g/mol. The van der Waals surface area contributed by atoms with E-state index in [1.807, 2.05) is 24.3 Å². The van der Waals surface area contributed by atoms with Crippen LogP contribution in [0.1, 0.15) is 43.1 Å². The number of carbonyl (C=O) groups is 1. The summed E-state index contributed by atoms with van der Waals surface area (Å²) < 4.78 is 11.8. The first-order chi connectivity index (χ1) is 8.56. The highest BCUT2D eigenvalue weighted by atomic mass is 32.2. The van der Waals surface area contributed by atoms with Crippen molar-refractivity contribution in [3.05, 3.63) is 35.4 Å². The van der Waals surface area contributed by atoms with Crippen LogP contribution in [0.15, 0.2) is 24.3 Å². The third-order valence-corrected chi connectivity index (χ3v) is 4.67. The average Bonchev–Trinajstić information content (AvgIpc) is 2.38. The second-order valence-corrected chi connectivity index (χ2v) is 6.24. The molecule has 0 heterocycles. The number of rotatable bonds is 7. The van der Waals surface area contributed by atoms with Crippen LogP contribution in [0.2, 0.25) is 0 Å². The van der Waals surface area contributed by atoms with E-state index < -0.39 is 10.8 Å². The van der Waals surface area contributed by atoms with E-state index in [0.717, 1.165) is 12.8 Å². The van der Waals surface area contributed by atoms with Gasteiger partial charge in [0.25, 0.3) is 0 Å². The lowest BCUT2D eigenvalue weighted by Gasteiger charge is -2.07. The first kappa shape index (κ1) is 15.1. The number of hydrogen-bond acceptors (Lipinski definition) is 2. The molecule has 0 aliphatic carbocycles. The maximum Gasteiger partial charge on any atom is 0.175 e. The smallest absolute Gasteiger partial charge is 0.175 e. The molecule has 0 fully saturated rings. The van der Waals surface area contributed by atoms with Crippen molar-refractivity contribution in [2.75, 3.05) is 11.5 Å². The Kier molecular flexibility index (Phi) is 6.27. The fourth-order valence-corrected chi connectivity index (χ4v) is 3.10. The normalized spacial score (nSPS) is 14.2. The molecule has 0 bridgehead atoms. The van der Waals surface area contributed by atoms with Crippen LogP contribution in [0.3, 0.4) is 0 Å². The Morgan fingerprint density at radius 2 is 1.83 bits per heavy atom. The second kappa shape index (κ2) is 7.47. The van der Waals surface area contributed by atoms with Crippen molar-refractivity contribution >= 4 is 16.6 Å². The summed E-state index contributed by atoms with van der Waals surface area (Å²) in [7, 11) is -1.04. The summed E-state index contributed by atoms with van der Waals surface area (Å²) >= 11 is 0. The summed E-state index contributed by atoms with van der Waals surface area (Å²) in [5, 5.41) is 0. The van der Waals surface area contributed by atoms with Crippen molar-refractivity contribution in [3.8, 4) is 0 Å². The third-order valence-electron chi connectivity index (χ3n) is 3.14. The summed E-state index contributed by atoms with van der Waals surface area (Å²) in [5.41, 5.74) is 1.89. The Balaban J connectivity index is 2.56. The van der Waals surface area contributed by atoms with E-state index in [1.54, 1.807) is 0 Å². The molecule has 0 radical (unpaired) electrons. The number of hydrogen-bond donors (Lipinski definition) is 0. The van der Waals surface area contributed by atoms with Crippen LogP contribution in [0.4, 0.5) is 0 Å². The molecule has 100 valence electrons. The molecule has 0 spiro atoms. The van der Waals surface area contributed by atoms with Crippen molar-refractivity contribution < 1.29 is 9.00 Å². The molecule has 1 rings (SSSR count). The third kappa shape index (κ3) is 4.73. The van der Waals surface area contributed by atoms with Gasteiger partial charge >= 0.3 is 0 Å². The predicted molar refractivity (Wildman–Crippen MR) is 77.5 cm³/mol. The molecule has 0 amide bonds. The van der Waals surface area contributed by atoms with Gasteiger partial charge in [0.1, 0.15) is 0 Å². The summed E-state index contributed by atoms with van der Waals surface area (Å²) in [6.07, 6.45) is 1.97. The molecule has 2 atom stereocenters. The van der Waals surface area contributed by atoms with Crippen molar-refractivity contribution in [1.29, 1.82) is 0 Å². The summed E-state index contributed by atoms with van der Waals surface area (Å²) in [4.78, 5) is 11.9. The van der Waals surface area contributed by atoms with Gasteiger partial charge in [0.05, 0.1) is 5.75 Å². The van der Waals surface area contributed by atoms with E-state index in [-0.39, 0.29) is 11.5 Å². The summed E-state index contributed by atoms with van der Waals surface area (Å²) in [6.45, 7) is 6.23. The van der Waals surface area contributed by atoms with Gasteiger partial charge in [-0.05, 0) is 17.9 Å². The highest BCUT2D eigenvalue weighted by molar-refractivity contribution is 7.85. The van der Waals surface area contributed by atoms with E-state index in [0.29, 0.717) is 17.2 Å². The fraction of sp³-hybridized carbons (Fsp3) is 0.533. The SMILES string of the molecule is CCc1ccc(C(=O)CS(=O)CC(C)CC)cc1. The van der Waals surface area contributed by atoms with Gasteiger partial charge in [-0.2, -0.15) is 0 Å². The van der Waals surface area contributed by atoms with Crippen molar-refractivity contribution in [1.82, 2.24) is 0 Å². The van der Waals surface area contributed by atoms with Crippen LogP contribution in [0, 0.1) is 5.92 Å². The van der Waals surface area contributed by atoms with Crippen LogP contribution in [0.25, 0.3) is 0 Å². The van der Waals surface area contributed by atoms with E-state index in [1.165, 1.54) is 5.56 Å². The zero-order valence-electron chi connectivity index (χ0n) is 11.4. The highest BCUT2D eigenvalue weighted by Gasteiger charge is 2.12. The number of carbonyl (C=O) groups excluding carboxylic acids is 1. The quantitative estimate of drug-likeness (QED) is 0.710. The monoisotopic (exact) mass is 266 g/mol. The lowest BCUT2D eigenvalue weighted by molar-refractivity contribution is 0.102. The molecule has 1 aromatic rings. The molecule has 3 heteroatoms. The summed E-state index contributed by atoms with van der Waals surface area (Å²) in [5.74, 6) is 1.17. The minimum absolute atomic E-state index is 0.0145. The Morgan fingerprint density at radius 3 is 2.33 bits per heavy atom. The zero-order chi connectivity index (χ0) is 13.5. The Labute approximate surface area is 112 Å². The second-order valence-electron chi connectivity index (χ2n) is 4.74. The molecule has 0 aliphatic rings. The highest BCUT2D eigenvalue weighted by Crippen LogP contribution is 2.08. The Morgan fingerprint density at radius 1 is 1.22 bits per heavy atom. The van der Waals surface area contributed by atoms with Crippen LogP contribution < -0.4 is 0 Å². The molecule has 0 N–H and O–H groups in total. The number of benzene rings is 1. The van der Waals surface area contributed by atoms with Crippen LogP contribution >= 0.6 is 0 Å². The van der Waals surface area contributed by atoms with E-state index >= 15 is 0 Å². The summed E-state index contributed by atoms with van der Waals surface area (Å²) in [6, 6.07) is 7.60. The maximum atomic E-state index is 11.9. The lowest BCUT2D eigenvalue weighted by atomic mass is 10.1. The van der Waals surface area contributed by atoms with Crippen LogP contribution in [-0.2, 0) is 17.2 Å². The van der Waals surface area contributed by atoms with Gasteiger partial charge < -0.3 is 0 Å². The van der Waals surface area contributed by atoms with E-state index in [9.17, 15) is 9.00 Å². The molecule has 0 saturated carbocycles. The first-order valence-corrected chi connectivity index (χ1v) is 8.02.